The zero-order chi connectivity index (χ0) is 19.8. The van der Waals surface area contributed by atoms with Crippen LogP contribution in [-0.2, 0) is 9.59 Å². The zero-order valence-electron chi connectivity index (χ0n) is 15.9. The molecule has 8 heteroatoms. The molecule has 0 bridgehead atoms. The Bertz CT molecular complexity index is 707. The monoisotopic (exact) mass is 437 g/mol. The number of halogens is 1. The number of aryl methyl sites for hydroxylation is 1. The summed E-state index contributed by atoms with van der Waals surface area (Å²) in [5.74, 6) is 0.710. The molecule has 2 rings (SSSR count). The largest absolute Gasteiger partial charge is 0.370 e. The van der Waals surface area contributed by atoms with Gasteiger partial charge in [0.1, 0.15) is 0 Å². The first-order chi connectivity index (χ1) is 12.9. The first-order valence-electron chi connectivity index (χ1n) is 9.19. The fourth-order valence-electron chi connectivity index (χ4n) is 3.27. The van der Waals surface area contributed by atoms with E-state index in [-0.39, 0.29) is 17.7 Å². The second-order valence-corrected chi connectivity index (χ2v) is 7.77. The van der Waals surface area contributed by atoms with Crippen molar-refractivity contribution in [2.45, 2.75) is 32.6 Å². The van der Waals surface area contributed by atoms with Crippen molar-refractivity contribution in [1.29, 1.82) is 0 Å². The number of carbonyl (C=O) groups excluding carboxylic acids is 2. The lowest BCUT2D eigenvalue weighted by atomic mass is 9.95. The highest BCUT2D eigenvalue weighted by molar-refractivity contribution is 9.10. The van der Waals surface area contributed by atoms with Crippen LogP contribution in [0.2, 0.25) is 0 Å². The van der Waals surface area contributed by atoms with E-state index >= 15 is 0 Å². The third-order valence-corrected chi connectivity index (χ3v) is 5.12. The molecule has 1 aromatic rings. The van der Waals surface area contributed by atoms with Crippen LogP contribution in [0.15, 0.2) is 27.7 Å². The molecule has 4 N–H and O–H groups in total. The van der Waals surface area contributed by atoms with Crippen LogP contribution in [-0.4, -0.2) is 49.4 Å². The summed E-state index contributed by atoms with van der Waals surface area (Å²) in [7, 11) is 1.73. The summed E-state index contributed by atoms with van der Waals surface area (Å²) >= 11 is 3.42. The first kappa shape index (κ1) is 21.2. The number of nitrogens with two attached hydrogens (primary N) is 1. The molecule has 1 fully saturated rings. The van der Waals surface area contributed by atoms with Gasteiger partial charge in [-0.15, -0.1) is 0 Å². The van der Waals surface area contributed by atoms with E-state index in [0.717, 1.165) is 47.6 Å². The van der Waals surface area contributed by atoms with Gasteiger partial charge in [-0.3, -0.25) is 14.6 Å². The van der Waals surface area contributed by atoms with Gasteiger partial charge in [-0.05, 0) is 43.4 Å². The number of piperidine rings is 1. The second-order valence-electron chi connectivity index (χ2n) is 6.86. The standard InChI is InChI=1S/C19H28BrN5O2/c1-13-5-6-15(20)11-16(13)24-18(27)7-8-23-19(22-2)25-9-3-4-14(12-25)10-17(21)26/h5-6,11,14H,3-4,7-10,12H2,1-2H3,(H2,21,26)(H,22,23)(H,24,27). The summed E-state index contributed by atoms with van der Waals surface area (Å²) < 4.78 is 0.928. The second kappa shape index (κ2) is 10.3. The number of guanidine groups is 1. The number of aliphatic imine (C=N–C) groups is 1. The molecule has 148 valence electrons. The highest BCUT2D eigenvalue weighted by atomic mass is 79.9. The van der Waals surface area contributed by atoms with Crippen molar-refractivity contribution in [2.75, 3.05) is 32.0 Å². The molecule has 2 amide bonds. The maximum Gasteiger partial charge on any atom is 0.226 e. The van der Waals surface area contributed by atoms with Gasteiger partial charge < -0.3 is 21.3 Å². The summed E-state index contributed by atoms with van der Waals surface area (Å²) in [6.45, 7) is 4.09. The van der Waals surface area contributed by atoms with Crippen LogP contribution in [0.5, 0.6) is 0 Å². The predicted octanol–water partition coefficient (Wildman–Crippen LogP) is 2.25. The van der Waals surface area contributed by atoms with E-state index in [9.17, 15) is 9.59 Å². The number of nitrogens with zero attached hydrogens (tertiary/aromatic N) is 2. The molecule has 0 aromatic heterocycles. The molecule has 1 saturated heterocycles. The van der Waals surface area contributed by atoms with E-state index in [0.29, 0.717) is 19.4 Å². The number of likely N-dealkylation sites (tertiary alicyclic amines) is 1. The summed E-state index contributed by atoms with van der Waals surface area (Å²) in [4.78, 5) is 29.8. The van der Waals surface area contributed by atoms with Gasteiger partial charge in [0.05, 0.1) is 0 Å². The molecule has 0 spiro atoms. The number of anilines is 1. The molecule has 0 radical (unpaired) electrons. The van der Waals surface area contributed by atoms with Crippen molar-refractivity contribution in [3.63, 3.8) is 0 Å². The number of carbonyl (C=O) groups is 2. The molecule has 1 aliphatic rings. The van der Waals surface area contributed by atoms with Gasteiger partial charge in [0.2, 0.25) is 11.8 Å². The number of nitrogens with one attached hydrogen (secondary N) is 2. The van der Waals surface area contributed by atoms with Crippen molar-refractivity contribution in [1.82, 2.24) is 10.2 Å². The molecule has 1 aromatic carbocycles. The maximum atomic E-state index is 12.2. The third kappa shape index (κ3) is 6.86. The van der Waals surface area contributed by atoms with Crippen molar-refractivity contribution < 1.29 is 9.59 Å². The number of hydrogen-bond donors (Lipinski definition) is 3. The Morgan fingerprint density at radius 3 is 2.89 bits per heavy atom. The Kier molecular flexibility index (Phi) is 8.09. The van der Waals surface area contributed by atoms with Crippen LogP contribution in [0.4, 0.5) is 5.69 Å². The molecule has 27 heavy (non-hydrogen) atoms. The highest BCUT2D eigenvalue weighted by Gasteiger charge is 2.23. The third-order valence-electron chi connectivity index (χ3n) is 4.63. The number of primary amides is 1. The van der Waals surface area contributed by atoms with Crippen LogP contribution in [0.25, 0.3) is 0 Å². The van der Waals surface area contributed by atoms with Crippen molar-refractivity contribution in [2.24, 2.45) is 16.6 Å². The highest BCUT2D eigenvalue weighted by Crippen LogP contribution is 2.21. The van der Waals surface area contributed by atoms with Crippen molar-refractivity contribution in [3.05, 3.63) is 28.2 Å². The molecule has 0 aliphatic carbocycles. The van der Waals surface area contributed by atoms with E-state index in [2.05, 4.69) is 36.5 Å². The molecule has 7 nitrogen and oxygen atoms in total. The molecular formula is C19H28BrN5O2. The quantitative estimate of drug-likeness (QED) is 0.469. The van der Waals surface area contributed by atoms with Crippen LogP contribution < -0.4 is 16.4 Å². The smallest absolute Gasteiger partial charge is 0.226 e. The minimum absolute atomic E-state index is 0.0515. The summed E-state index contributed by atoms with van der Waals surface area (Å²) in [6, 6.07) is 5.80. The van der Waals surface area contributed by atoms with Gasteiger partial charge in [0.25, 0.3) is 0 Å². The summed E-state index contributed by atoms with van der Waals surface area (Å²) in [5.41, 5.74) is 7.15. The van der Waals surface area contributed by atoms with Crippen LogP contribution >= 0.6 is 15.9 Å². The van der Waals surface area contributed by atoms with E-state index in [1.807, 2.05) is 25.1 Å². The maximum absolute atomic E-state index is 12.2. The average molecular weight is 438 g/mol. The Balaban J connectivity index is 1.81. The minimum atomic E-state index is -0.260. The van der Waals surface area contributed by atoms with Gasteiger partial charge in [-0.2, -0.15) is 0 Å². The molecule has 0 saturated carbocycles. The minimum Gasteiger partial charge on any atom is -0.370 e. The van der Waals surface area contributed by atoms with Gasteiger partial charge in [0, 0.05) is 49.7 Å². The average Bonchev–Trinajstić information content (AvgIpc) is 2.61. The Labute approximate surface area is 168 Å². The van der Waals surface area contributed by atoms with Gasteiger partial charge in [0.15, 0.2) is 5.96 Å². The fraction of sp³-hybridized carbons (Fsp3) is 0.526. The van der Waals surface area contributed by atoms with Crippen LogP contribution in [0, 0.1) is 12.8 Å². The lowest BCUT2D eigenvalue weighted by Crippen LogP contribution is -2.47. The van der Waals surface area contributed by atoms with E-state index in [4.69, 9.17) is 5.73 Å². The molecule has 1 heterocycles. The summed E-state index contributed by atoms with van der Waals surface area (Å²) in [5, 5.41) is 6.18. The summed E-state index contributed by atoms with van der Waals surface area (Å²) in [6.07, 6.45) is 2.75. The Morgan fingerprint density at radius 2 is 2.19 bits per heavy atom. The molecular weight excluding hydrogens is 410 g/mol. The first-order valence-corrected chi connectivity index (χ1v) is 9.98. The fourth-order valence-corrected chi connectivity index (χ4v) is 3.63. The van der Waals surface area contributed by atoms with Crippen molar-refractivity contribution in [3.8, 4) is 0 Å². The Hall–Kier alpha value is -2.09. The topological polar surface area (TPSA) is 99.8 Å². The number of amides is 2. The number of rotatable bonds is 6. The van der Waals surface area contributed by atoms with E-state index in [1.54, 1.807) is 7.05 Å². The Morgan fingerprint density at radius 1 is 1.41 bits per heavy atom. The molecule has 1 aliphatic heterocycles. The van der Waals surface area contributed by atoms with E-state index < -0.39 is 0 Å². The van der Waals surface area contributed by atoms with Crippen LogP contribution in [0.3, 0.4) is 0 Å². The normalized spacial score (nSPS) is 17.5. The van der Waals surface area contributed by atoms with Crippen molar-refractivity contribution >= 4 is 39.4 Å². The number of benzene rings is 1. The van der Waals surface area contributed by atoms with E-state index in [1.165, 1.54) is 0 Å². The van der Waals surface area contributed by atoms with Gasteiger partial charge >= 0.3 is 0 Å². The molecule has 1 unspecified atom stereocenters. The zero-order valence-corrected chi connectivity index (χ0v) is 17.5. The van der Waals surface area contributed by atoms with Gasteiger partial charge in [-0.25, -0.2) is 0 Å². The lowest BCUT2D eigenvalue weighted by molar-refractivity contribution is -0.119. The number of hydrogen-bond acceptors (Lipinski definition) is 3. The predicted molar refractivity (Wildman–Crippen MR) is 112 cm³/mol. The SMILES string of the molecule is CN=C(NCCC(=O)Nc1cc(Br)ccc1C)N1CCCC(CC(N)=O)C1. The molecule has 1 atom stereocenters. The lowest BCUT2D eigenvalue weighted by Gasteiger charge is -2.34. The van der Waals surface area contributed by atoms with Crippen LogP contribution in [0.1, 0.15) is 31.2 Å². The van der Waals surface area contributed by atoms with Gasteiger partial charge in [-0.1, -0.05) is 22.0 Å².